The van der Waals surface area contributed by atoms with Crippen molar-refractivity contribution in [3.8, 4) is 0 Å². The Kier molecular flexibility index (Phi) is 6.90. The number of hydrazine groups is 1. The van der Waals surface area contributed by atoms with Crippen molar-refractivity contribution in [1.82, 2.24) is 10.3 Å². The van der Waals surface area contributed by atoms with E-state index < -0.39 is 0 Å². The number of unbranched alkanes of at least 4 members (excludes halogenated alkanes) is 1. The highest BCUT2D eigenvalue weighted by Crippen LogP contribution is 2.33. The molecule has 0 radical (unpaired) electrons. The van der Waals surface area contributed by atoms with Gasteiger partial charge in [0.2, 0.25) is 0 Å². The number of likely N-dealkylation sites (tertiary alicyclic amines) is 1. The molecule has 0 aromatic rings. The van der Waals surface area contributed by atoms with Crippen molar-refractivity contribution < 1.29 is 0 Å². The molecule has 1 aliphatic heterocycles. The maximum absolute atomic E-state index is 5.86. The van der Waals surface area contributed by atoms with Crippen LogP contribution < -0.4 is 11.3 Å². The molecule has 1 saturated heterocycles. The van der Waals surface area contributed by atoms with Gasteiger partial charge < -0.3 is 0 Å². The molecule has 1 aliphatic rings. The lowest BCUT2D eigenvalue weighted by Gasteiger charge is -2.46. The average molecular weight is 253 g/mol. The zero-order valence-electron chi connectivity index (χ0n) is 12.3. The van der Waals surface area contributed by atoms with Crippen LogP contribution in [0.2, 0.25) is 0 Å². The van der Waals surface area contributed by atoms with Gasteiger partial charge in [0.1, 0.15) is 0 Å². The Labute approximate surface area is 113 Å². The van der Waals surface area contributed by atoms with E-state index in [9.17, 15) is 0 Å². The molecule has 3 N–H and O–H groups in total. The maximum Gasteiger partial charge on any atom is 0.0394 e. The minimum atomic E-state index is 0.242. The first kappa shape index (κ1) is 15.7. The number of rotatable bonds is 9. The first-order valence-electron chi connectivity index (χ1n) is 7.57. The lowest BCUT2D eigenvalue weighted by atomic mass is 9.80. The molecular weight excluding hydrogens is 222 g/mol. The number of hydrogen-bond donors (Lipinski definition) is 2. The molecule has 1 unspecified atom stereocenters. The fourth-order valence-electron chi connectivity index (χ4n) is 3.55. The molecule has 0 spiro atoms. The van der Waals surface area contributed by atoms with E-state index in [0.717, 1.165) is 12.8 Å². The molecule has 0 aromatic heterocycles. The summed E-state index contributed by atoms with van der Waals surface area (Å²) in [5.74, 6) is 5.86. The van der Waals surface area contributed by atoms with E-state index >= 15 is 0 Å². The van der Waals surface area contributed by atoms with Gasteiger partial charge in [0, 0.05) is 11.6 Å². The summed E-state index contributed by atoms with van der Waals surface area (Å²) in [5, 5.41) is 0. The highest BCUT2D eigenvalue weighted by atomic mass is 15.3. The number of allylic oxidation sites excluding steroid dienone is 1. The smallest absolute Gasteiger partial charge is 0.0394 e. The third-order valence-electron chi connectivity index (χ3n) is 4.71. The van der Waals surface area contributed by atoms with E-state index in [1.54, 1.807) is 0 Å². The van der Waals surface area contributed by atoms with Crippen LogP contribution in [-0.2, 0) is 0 Å². The van der Waals surface area contributed by atoms with E-state index in [-0.39, 0.29) is 5.54 Å². The van der Waals surface area contributed by atoms with E-state index in [4.69, 9.17) is 5.84 Å². The highest BCUT2D eigenvalue weighted by Gasteiger charge is 2.41. The largest absolute Gasteiger partial charge is 0.296 e. The number of hydrogen-bond acceptors (Lipinski definition) is 3. The molecule has 0 aromatic carbocycles. The molecule has 3 nitrogen and oxygen atoms in total. The molecule has 3 heteroatoms. The second kappa shape index (κ2) is 7.93. The van der Waals surface area contributed by atoms with Crippen molar-refractivity contribution in [2.75, 3.05) is 13.1 Å². The molecule has 18 heavy (non-hydrogen) atoms. The Morgan fingerprint density at radius 1 is 1.33 bits per heavy atom. The van der Waals surface area contributed by atoms with E-state index in [1.807, 2.05) is 6.08 Å². The van der Waals surface area contributed by atoms with Gasteiger partial charge in [-0.3, -0.25) is 16.2 Å². The predicted molar refractivity (Wildman–Crippen MR) is 79.3 cm³/mol. The molecule has 1 heterocycles. The molecule has 0 saturated carbocycles. The third kappa shape index (κ3) is 3.34. The number of nitrogens with zero attached hydrogens (tertiary/aromatic N) is 1. The topological polar surface area (TPSA) is 41.3 Å². The first-order valence-corrected chi connectivity index (χ1v) is 7.57. The molecule has 1 fully saturated rings. The monoisotopic (exact) mass is 253 g/mol. The Balaban J connectivity index is 2.74. The van der Waals surface area contributed by atoms with Crippen LogP contribution in [0.4, 0.5) is 0 Å². The zero-order valence-corrected chi connectivity index (χ0v) is 12.3. The summed E-state index contributed by atoms with van der Waals surface area (Å²) >= 11 is 0. The van der Waals surface area contributed by atoms with Gasteiger partial charge in [0.05, 0.1) is 0 Å². The predicted octanol–water partition coefficient (Wildman–Crippen LogP) is 2.83. The standard InChI is InChI=1S/C15H31N3/c1-4-7-8-11-14(17-16)15(5-2,6-3)18-12-9-10-13-18/h4,14,17H,1,5-13,16H2,2-3H3. The minimum Gasteiger partial charge on any atom is -0.296 e. The van der Waals surface area contributed by atoms with E-state index in [2.05, 4.69) is 30.8 Å². The van der Waals surface area contributed by atoms with Crippen LogP contribution in [0.3, 0.4) is 0 Å². The van der Waals surface area contributed by atoms with Crippen LogP contribution in [-0.4, -0.2) is 29.6 Å². The molecular formula is C15H31N3. The summed E-state index contributed by atoms with van der Waals surface area (Å²) in [7, 11) is 0. The van der Waals surface area contributed by atoms with Crippen molar-refractivity contribution in [2.24, 2.45) is 5.84 Å². The van der Waals surface area contributed by atoms with E-state index in [0.29, 0.717) is 6.04 Å². The molecule has 1 atom stereocenters. The number of nitrogens with two attached hydrogens (primary N) is 1. The summed E-state index contributed by atoms with van der Waals surface area (Å²) in [6.45, 7) is 10.9. The summed E-state index contributed by atoms with van der Waals surface area (Å²) in [4.78, 5) is 2.67. The van der Waals surface area contributed by atoms with Crippen molar-refractivity contribution >= 4 is 0 Å². The van der Waals surface area contributed by atoms with Crippen LogP contribution in [0.25, 0.3) is 0 Å². The molecule has 0 amide bonds. The fraction of sp³-hybridized carbons (Fsp3) is 0.867. The Morgan fingerprint density at radius 3 is 2.39 bits per heavy atom. The van der Waals surface area contributed by atoms with Gasteiger partial charge in [-0.2, -0.15) is 0 Å². The van der Waals surface area contributed by atoms with Gasteiger partial charge in [0.15, 0.2) is 0 Å². The summed E-state index contributed by atoms with van der Waals surface area (Å²) in [6, 6.07) is 0.394. The second-order valence-corrected chi connectivity index (χ2v) is 5.44. The summed E-state index contributed by atoms with van der Waals surface area (Å²) in [5.41, 5.74) is 3.35. The fourth-order valence-corrected chi connectivity index (χ4v) is 3.55. The normalized spacial score (nSPS) is 19.1. The van der Waals surface area contributed by atoms with Crippen LogP contribution in [0.1, 0.15) is 58.8 Å². The van der Waals surface area contributed by atoms with Gasteiger partial charge in [-0.05, 0) is 58.0 Å². The van der Waals surface area contributed by atoms with Crippen molar-refractivity contribution in [3.63, 3.8) is 0 Å². The van der Waals surface area contributed by atoms with Gasteiger partial charge in [-0.25, -0.2) is 0 Å². The van der Waals surface area contributed by atoms with Crippen LogP contribution in [0.15, 0.2) is 12.7 Å². The van der Waals surface area contributed by atoms with Gasteiger partial charge >= 0.3 is 0 Å². The van der Waals surface area contributed by atoms with Crippen molar-refractivity contribution in [1.29, 1.82) is 0 Å². The molecule has 1 rings (SSSR count). The third-order valence-corrected chi connectivity index (χ3v) is 4.71. The Morgan fingerprint density at radius 2 is 1.94 bits per heavy atom. The van der Waals surface area contributed by atoms with Gasteiger partial charge in [-0.15, -0.1) is 6.58 Å². The molecule has 106 valence electrons. The van der Waals surface area contributed by atoms with Gasteiger partial charge in [-0.1, -0.05) is 19.9 Å². The van der Waals surface area contributed by atoms with Crippen molar-refractivity contribution in [2.45, 2.75) is 70.4 Å². The lowest BCUT2D eigenvalue weighted by Crippen LogP contribution is -2.61. The summed E-state index contributed by atoms with van der Waals surface area (Å²) in [6.07, 6.45) is 10.4. The first-order chi connectivity index (χ1) is 8.75. The maximum atomic E-state index is 5.86. The molecule has 0 bridgehead atoms. The van der Waals surface area contributed by atoms with Crippen LogP contribution in [0, 0.1) is 0 Å². The Bertz CT molecular complexity index is 230. The van der Waals surface area contributed by atoms with Gasteiger partial charge in [0.25, 0.3) is 0 Å². The Hall–Kier alpha value is -0.380. The lowest BCUT2D eigenvalue weighted by molar-refractivity contribution is 0.0579. The van der Waals surface area contributed by atoms with Crippen LogP contribution in [0.5, 0.6) is 0 Å². The minimum absolute atomic E-state index is 0.242. The second-order valence-electron chi connectivity index (χ2n) is 5.44. The molecule has 0 aliphatic carbocycles. The SMILES string of the molecule is C=CCCCC(NN)C(CC)(CC)N1CCCC1. The van der Waals surface area contributed by atoms with Crippen molar-refractivity contribution in [3.05, 3.63) is 12.7 Å². The quantitative estimate of drug-likeness (QED) is 0.287. The van der Waals surface area contributed by atoms with E-state index in [1.165, 1.54) is 45.2 Å². The summed E-state index contributed by atoms with van der Waals surface area (Å²) < 4.78 is 0. The average Bonchev–Trinajstić information content (AvgIpc) is 2.93. The highest BCUT2D eigenvalue weighted by molar-refractivity contribution is 4.99. The number of nitrogens with one attached hydrogen (secondary N) is 1. The van der Waals surface area contributed by atoms with Crippen LogP contribution >= 0.6 is 0 Å². The zero-order chi connectivity index (χ0) is 13.4.